The van der Waals surface area contributed by atoms with Gasteiger partial charge in [0.25, 0.3) is 40.5 Å². The molecule has 7 rings (SSSR count). The molecule has 0 atom stereocenters. The van der Waals surface area contributed by atoms with Crippen molar-refractivity contribution < 1.29 is 70.9 Å². The summed E-state index contributed by atoms with van der Waals surface area (Å²) >= 11 is 0. The Morgan fingerprint density at radius 3 is 1.65 bits per heavy atom. The van der Waals surface area contributed by atoms with Crippen LogP contribution in [0.1, 0.15) is 72.4 Å². The predicted octanol–water partition coefficient (Wildman–Crippen LogP) is 7.36. The van der Waals surface area contributed by atoms with E-state index < -0.39 is 88.2 Å². The number of allylic oxidation sites excluding steroid dienone is 8. The van der Waals surface area contributed by atoms with Gasteiger partial charge in [-0.15, -0.1) is 0 Å². The summed E-state index contributed by atoms with van der Waals surface area (Å²) in [5.41, 5.74) is -0.204. The molecule has 1 aliphatic carbocycles. The molecular formula is C46H48N2O16S4. The number of anilines is 1. The van der Waals surface area contributed by atoms with E-state index in [9.17, 15) is 61.5 Å². The fraction of sp³-hybridized carbons (Fsp3) is 0.326. The highest BCUT2D eigenvalue weighted by Gasteiger charge is 2.51. The molecule has 0 saturated heterocycles. The van der Waals surface area contributed by atoms with E-state index in [2.05, 4.69) is 0 Å². The van der Waals surface area contributed by atoms with Crippen LogP contribution in [0.25, 0.3) is 21.5 Å². The van der Waals surface area contributed by atoms with Crippen molar-refractivity contribution in [3.63, 3.8) is 0 Å². The minimum Gasteiger partial charge on any atom is -0.465 e. The summed E-state index contributed by atoms with van der Waals surface area (Å²) in [6, 6.07) is 9.55. The normalized spacial score (nSPS) is 19.1. The van der Waals surface area contributed by atoms with Crippen molar-refractivity contribution in [2.24, 2.45) is 10.4 Å². The van der Waals surface area contributed by atoms with Crippen molar-refractivity contribution in [2.45, 2.75) is 91.7 Å². The third kappa shape index (κ3) is 8.72. The summed E-state index contributed by atoms with van der Waals surface area (Å²) in [4.78, 5) is 31.7. The van der Waals surface area contributed by atoms with Crippen molar-refractivity contribution in [3.05, 3.63) is 107 Å². The fourth-order valence-electron chi connectivity index (χ4n) is 9.56. The molecule has 68 heavy (non-hydrogen) atoms. The lowest BCUT2D eigenvalue weighted by Gasteiger charge is -2.33. The number of fused-ring (bicyclic) bond motifs is 6. The average molecular weight is 1010 g/mol. The maximum Gasteiger partial charge on any atom is 0.324 e. The number of benzene rings is 4. The molecule has 0 bridgehead atoms. The minimum atomic E-state index is -4.98. The summed E-state index contributed by atoms with van der Waals surface area (Å²) < 4.78 is 151. The number of nitrogens with zero attached hydrogens (tertiary/aromatic N) is 2. The summed E-state index contributed by atoms with van der Waals surface area (Å²) in [7, 11) is -19.9. The maximum atomic E-state index is 14.0. The zero-order valence-corrected chi connectivity index (χ0v) is 41.0. The third-order valence-electron chi connectivity index (χ3n) is 12.5. The van der Waals surface area contributed by atoms with Crippen LogP contribution in [0.3, 0.4) is 0 Å². The number of rotatable bonds is 12. The van der Waals surface area contributed by atoms with Crippen molar-refractivity contribution in [3.8, 4) is 0 Å². The number of aliphatic imine (C=N–C) groups is 1. The number of esters is 2. The lowest BCUT2D eigenvalue weighted by molar-refractivity contribution is -0.172. The summed E-state index contributed by atoms with van der Waals surface area (Å²) in [6.07, 6.45) is 8.18. The molecule has 22 heteroatoms. The lowest BCUT2D eigenvalue weighted by Crippen LogP contribution is -2.44. The first-order chi connectivity index (χ1) is 31.4. The highest BCUT2D eigenvalue weighted by Crippen LogP contribution is 2.52. The van der Waals surface area contributed by atoms with Crippen LogP contribution in [0.5, 0.6) is 0 Å². The van der Waals surface area contributed by atoms with Crippen LogP contribution >= 0.6 is 0 Å². The van der Waals surface area contributed by atoms with E-state index in [0.717, 1.165) is 12.1 Å². The number of carbonyl (C=O) groups excluding carboxylic acids is 2. The first-order valence-corrected chi connectivity index (χ1v) is 26.8. The van der Waals surface area contributed by atoms with E-state index in [0.29, 0.717) is 63.7 Å². The third-order valence-corrected chi connectivity index (χ3v) is 16.0. The summed E-state index contributed by atoms with van der Waals surface area (Å²) in [5, 5.41) is 0.225. The van der Waals surface area contributed by atoms with Gasteiger partial charge in [-0.3, -0.25) is 32.8 Å². The molecule has 0 amide bonds. The largest absolute Gasteiger partial charge is 0.465 e. The molecule has 4 aromatic carbocycles. The lowest BCUT2D eigenvalue weighted by atomic mass is 9.71. The predicted molar refractivity (Wildman–Crippen MR) is 252 cm³/mol. The first kappa shape index (κ1) is 50.3. The monoisotopic (exact) mass is 1010 g/mol. The van der Waals surface area contributed by atoms with E-state index in [1.165, 1.54) is 18.2 Å². The number of ether oxygens (including phenoxy) is 2. The van der Waals surface area contributed by atoms with Gasteiger partial charge in [0.05, 0.1) is 34.4 Å². The fourth-order valence-corrected chi connectivity index (χ4v) is 12.2. The molecule has 0 radical (unpaired) electrons. The van der Waals surface area contributed by atoms with Crippen LogP contribution in [0.2, 0.25) is 0 Å². The Morgan fingerprint density at radius 2 is 1.16 bits per heavy atom. The molecule has 0 fully saturated rings. The summed E-state index contributed by atoms with van der Waals surface area (Å²) in [5.74, 6) is -1.67. The molecule has 0 saturated carbocycles. The van der Waals surface area contributed by atoms with Gasteiger partial charge >= 0.3 is 11.9 Å². The van der Waals surface area contributed by atoms with E-state index >= 15 is 0 Å². The Balaban J connectivity index is 1.38. The van der Waals surface area contributed by atoms with Gasteiger partial charge in [-0.25, -0.2) is 0 Å². The van der Waals surface area contributed by atoms with Crippen molar-refractivity contribution >= 4 is 91.0 Å². The topological polar surface area (TPSA) is 286 Å². The SMILES string of the molecule is CCOC(=O)C1(C(=O)OCC)CC(/C=C/C2=Nc3ccc4c(S(=O)(=O)O)cc(S(=O)(=O)O)cc4c3C2(C)C)=CC(=C/C=C2/N(CC)c3ccc4c(S(=O)(=O)O)cc(S(=O)(=O)O)cc4c3C2(C)C)/C1. The molecule has 362 valence electrons. The van der Waals surface area contributed by atoms with Crippen LogP contribution < -0.4 is 4.90 Å². The Kier molecular flexibility index (Phi) is 12.7. The Bertz CT molecular complexity index is 3490. The van der Waals surface area contributed by atoms with E-state index in [-0.39, 0.29) is 47.6 Å². The minimum absolute atomic E-state index is 0.0136. The number of hydrogen-bond donors (Lipinski definition) is 4. The van der Waals surface area contributed by atoms with Gasteiger partial charge in [0, 0.05) is 39.5 Å². The summed E-state index contributed by atoms with van der Waals surface area (Å²) in [6.45, 7) is 12.4. The van der Waals surface area contributed by atoms with Crippen LogP contribution in [0, 0.1) is 5.41 Å². The van der Waals surface area contributed by atoms with E-state index in [1.54, 1.807) is 64.1 Å². The molecule has 0 unspecified atom stereocenters. The maximum absolute atomic E-state index is 14.0. The Labute approximate surface area is 393 Å². The standard InChI is InChI=1S/C46H48N2O16S4/c1-8-48-35-16-14-31-33(21-29(66(54,55)56)23-37(31)68(60,61)62)41(35)45(6,7)39(48)18-12-27-19-26(24-46(25-27,42(49)63-9-2)43(50)64-10-3)11-17-38-44(4,5)40-32-20-28(65(51,52)53)22-36(67(57,58)59)30(32)13-15-34(40)47-38/h11-23H,8-10,24-25H2,1-7H3,(H,51,52,53)(H,54,55,56)(H,57,58,59)(H,60,61,62)/b17-11+,27-12-,39-18+. The second kappa shape index (κ2) is 17.1. The second-order valence-corrected chi connectivity index (χ2v) is 23.2. The first-order valence-electron chi connectivity index (χ1n) is 21.0. The van der Waals surface area contributed by atoms with Crippen molar-refractivity contribution in [2.75, 3.05) is 24.7 Å². The van der Waals surface area contributed by atoms with Crippen LogP contribution in [-0.4, -0.2) is 89.3 Å². The molecule has 0 spiro atoms. The van der Waals surface area contributed by atoms with Crippen molar-refractivity contribution in [1.29, 1.82) is 0 Å². The van der Waals surface area contributed by atoms with Crippen LogP contribution in [0.4, 0.5) is 11.4 Å². The van der Waals surface area contributed by atoms with Gasteiger partial charge in [0.1, 0.15) is 9.79 Å². The van der Waals surface area contributed by atoms with E-state index in [1.807, 2.05) is 25.7 Å². The molecule has 0 aromatic heterocycles. The zero-order valence-electron chi connectivity index (χ0n) is 37.8. The molecule has 4 N–H and O–H groups in total. The highest BCUT2D eigenvalue weighted by atomic mass is 32.2. The molecule has 18 nitrogen and oxygen atoms in total. The molecule has 4 aromatic rings. The van der Waals surface area contributed by atoms with Gasteiger partial charge in [-0.1, -0.05) is 58.1 Å². The smallest absolute Gasteiger partial charge is 0.324 e. The number of hydrogen-bond acceptors (Lipinski definition) is 14. The van der Waals surface area contributed by atoms with Gasteiger partial charge < -0.3 is 14.4 Å². The zero-order chi connectivity index (χ0) is 50.3. The van der Waals surface area contributed by atoms with Crippen LogP contribution in [-0.2, 0) is 70.4 Å². The molecule has 2 heterocycles. The second-order valence-electron chi connectivity index (χ2n) is 17.6. The van der Waals surface area contributed by atoms with Crippen LogP contribution in [0.15, 0.2) is 120 Å². The van der Waals surface area contributed by atoms with E-state index in [4.69, 9.17) is 14.5 Å². The average Bonchev–Trinajstić information content (AvgIpc) is 3.63. The molecule has 2 aliphatic heterocycles. The molecule has 3 aliphatic rings. The number of carbonyl (C=O) groups is 2. The molecular weight excluding hydrogens is 965 g/mol. The van der Waals surface area contributed by atoms with Gasteiger partial charge in [0.2, 0.25) is 0 Å². The highest BCUT2D eigenvalue weighted by molar-refractivity contribution is 7.87. The van der Waals surface area contributed by atoms with Gasteiger partial charge in [-0.2, -0.15) is 33.7 Å². The van der Waals surface area contributed by atoms with Gasteiger partial charge in [0.15, 0.2) is 5.41 Å². The number of likely N-dealkylation sites (N-methyl/N-ethyl adjacent to an activating group) is 1. The van der Waals surface area contributed by atoms with Gasteiger partial charge in [-0.05, 0) is 115 Å². The Hall–Kier alpha value is -5.59. The quantitative estimate of drug-likeness (QED) is 0.0612. The van der Waals surface area contributed by atoms with Crippen molar-refractivity contribution in [1.82, 2.24) is 0 Å². The Morgan fingerprint density at radius 1 is 0.647 bits per heavy atom.